The van der Waals surface area contributed by atoms with Gasteiger partial charge in [-0.2, -0.15) is 0 Å². The van der Waals surface area contributed by atoms with E-state index in [4.69, 9.17) is 17.4 Å². The summed E-state index contributed by atoms with van der Waals surface area (Å²) in [6, 6.07) is 8.65. The first-order chi connectivity index (χ1) is 9.49. The van der Waals surface area contributed by atoms with Crippen LogP contribution in [0.4, 0.5) is 4.39 Å². The Hall–Kier alpha value is -1.49. The molecule has 20 heavy (non-hydrogen) atoms. The Morgan fingerprint density at radius 2 is 1.90 bits per heavy atom. The van der Waals surface area contributed by atoms with Crippen LogP contribution in [0.3, 0.4) is 0 Å². The van der Waals surface area contributed by atoms with Crippen molar-refractivity contribution in [3.8, 4) is 0 Å². The average molecular weight is 294 g/mol. The quantitative estimate of drug-likeness (QED) is 0.672. The van der Waals surface area contributed by atoms with Crippen molar-refractivity contribution in [1.82, 2.24) is 10.4 Å². The Balaban J connectivity index is 2.26. The van der Waals surface area contributed by atoms with Gasteiger partial charge in [-0.25, -0.2) is 4.39 Å². The summed E-state index contributed by atoms with van der Waals surface area (Å²) in [4.78, 5) is 4.34. The third-order valence-corrected chi connectivity index (χ3v) is 3.44. The van der Waals surface area contributed by atoms with Crippen LogP contribution in [0.1, 0.15) is 28.6 Å². The van der Waals surface area contributed by atoms with E-state index in [1.807, 2.05) is 26.0 Å². The van der Waals surface area contributed by atoms with Crippen LogP contribution in [0, 0.1) is 19.7 Å². The molecular formula is C15H17ClFN3. The third-order valence-electron chi connectivity index (χ3n) is 3.13. The summed E-state index contributed by atoms with van der Waals surface area (Å²) in [6.07, 6.45) is 0.577. The van der Waals surface area contributed by atoms with Crippen LogP contribution in [-0.4, -0.2) is 4.98 Å². The van der Waals surface area contributed by atoms with Gasteiger partial charge in [0.1, 0.15) is 5.82 Å². The van der Waals surface area contributed by atoms with Gasteiger partial charge < -0.3 is 0 Å². The smallest absolute Gasteiger partial charge is 0.142 e. The lowest BCUT2D eigenvalue weighted by Gasteiger charge is -2.17. The van der Waals surface area contributed by atoms with E-state index in [2.05, 4.69) is 10.4 Å². The maximum Gasteiger partial charge on any atom is 0.142 e. The molecule has 3 N–H and O–H groups in total. The van der Waals surface area contributed by atoms with Crippen LogP contribution >= 0.6 is 11.6 Å². The summed E-state index contributed by atoms with van der Waals surface area (Å²) in [5, 5.41) is 0.126. The molecule has 0 aliphatic rings. The first-order valence-corrected chi connectivity index (χ1v) is 6.72. The number of hydrogen-bond donors (Lipinski definition) is 2. The van der Waals surface area contributed by atoms with E-state index in [9.17, 15) is 4.39 Å². The van der Waals surface area contributed by atoms with Gasteiger partial charge >= 0.3 is 0 Å². The summed E-state index contributed by atoms with van der Waals surface area (Å²) < 4.78 is 13.5. The zero-order valence-corrected chi connectivity index (χ0v) is 12.2. The molecule has 0 spiro atoms. The number of nitrogens with one attached hydrogen (secondary N) is 1. The third kappa shape index (κ3) is 3.54. The van der Waals surface area contributed by atoms with Gasteiger partial charge in [0, 0.05) is 11.4 Å². The number of aromatic nitrogens is 1. The van der Waals surface area contributed by atoms with Gasteiger partial charge in [-0.15, -0.1) is 0 Å². The molecule has 5 heteroatoms. The molecule has 3 nitrogen and oxygen atoms in total. The monoisotopic (exact) mass is 293 g/mol. The largest absolute Gasteiger partial charge is 0.271 e. The minimum atomic E-state index is -0.415. The fourth-order valence-corrected chi connectivity index (χ4v) is 2.36. The highest BCUT2D eigenvalue weighted by molar-refractivity contribution is 6.30. The number of aryl methyl sites for hydroxylation is 2. The second-order valence-corrected chi connectivity index (χ2v) is 5.26. The molecule has 1 atom stereocenters. The molecule has 0 bridgehead atoms. The lowest BCUT2D eigenvalue weighted by molar-refractivity contribution is 0.547. The number of nitrogens with zero attached hydrogens (tertiary/aromatic N) is 1. The number of pyridine rings is 1. The summed E-state index contributed by atoms with van der Waals surface area (Å²) in [5.41, 5.74) is 6.51. The highest BCUT2D eigenvalue weighted by Gasteiger charge is 2.13. The second kappa shape index (κ2) is 6.31. The van der Waals surface area contributed by atoms with E-state index in [0.717, 1.165) is 22.5 Å². The maximum absolute atomic E-state index is 13.5. The molecule has 0 aliphatic heterocycles. The van der Waals surface area contributed by atoms with Crippen LogP contribution in [0.5, 0.6) is 0 Å². The first-order valence-electron chi connectivity index (χ1n) is 6.35. The molecule has 0 saturated heterocycles. The molecule has 1 unspecified atom stereocenters. The predicted molar refractivity (Wildman–Crippen MR) is 78.9 cm³/mol. The topological polar surface area (TPSA) is 50.9 Å². The molecule has 2 rings (SSSR count). The van der Waals surface area contributed by atoms with Gasteiger partial charge in [0.05, 0.1) is 11.1 Å². The Morgan fingerprint density at radius 1 is 1.25 bits per heavy atom. The van der Waals surface area contributed by atoms with Crippen LogP contribution in [0.15, 0.2) is 30.3 Å². The second-order valence-electron chi connectivity index (χ2n) is 4.86. The van der Waals surface area contributed by atoms with Crippen molar-refractivity contribution >= 4 is 11.6 Å². The number of benzene rings is 1. The van der Waals surface area contributed by atoms with E-state index in [1.165, 1.54) is 6.07 Å². The van der Waals surface area contributed by atoms with Gasteiger partial charge in [-0.3, -0.25) is 16.3 Å². The van der Waals surface area contributed by atoms with E-state index in [-0.39, 0.29) is 11.1 Å². The average Bonchev–Trinajstić information content (AvgIpc) is 2.38. The van der Waals surface area contributed by atoms with Crippen LogP contribution in [0.2, 0.25) is 5.02 Å². The summed E-state index contributed by atoms with van der Waals surface area (Å²) in [7, 11) is 0. The standard InChI is InChI=1S/C15H17ClFN3/c1-9-5-12(6-10(2)19-9)15(20-18)8-11-3-4-13(16)14(17)7-11/h3-7,15,20H,8,18H2,1-2H3. The molecule has 0 radical (unpaired) electrons. The molecule has 106 valence electrons. The summed E-state index contributed by atoms with van der Waals surface area (Å²) in [6.45, 7) is 3.87. The summed E-state index contributed by atoms with van der Waals surface area (Å²) >= 11 is 5.69. The van der Waals surface area contributed by atoms with E-state index in [1.54, 1.807) is 12.1 Å². The van der Waals surface area contributed by atoms with Crippen LogP contribution in [0.25, 0.3) is 0 Å². The predicted octanol–water partition coefficient (Wildman–Crippen LogP) is 3.24. The molecule has 0 amide bonds. The minimum absolute atomic E-state index is 0.101. The molecule has 2 aromatic rings. The normalized spacial score (nSPS) is 12.4. The Labute approximate surface area is 122 Å². The van der Waals surface area contributed by atoms with Crippen molar-refractivity contribution in [3.05, 3.63) is 63.7 Å². The molecule has 0 aliphatic carbocycles. The van der Waals surface area contributed by atoms with Crippen molar-refractivity contribution in [1.29, 1.82) is 0 Å². The first kappa shape index (κ1) is 14.9. The Kier molecular flexibility index (Phi) is 4.70. The van der Waals surface area contributed by atoms with Crippen molar-refractivity contribution < 1.29 is 4.39 Å². The van der Waals surface area contributed by atoms with Gasteiger partial charge in [0.25, 0.3) is 0 Å². The zero-order chi connectivity index (χ0) is 14.7. The van der Waals surface area contributed by atoms with Crippen molar-refractivity contribution in [2.24, 2.45) is 5.84 Å². The van der Waals surface area contributed by atoms with Crippen LogP contribution < -0.4 is 11.3 Å². The SMILES string of the molecule is Cc1cc(C(Cc2ccc(Cl)c(F)c2)NN)cc(C)n1. The fraction of sp³-hybridized carbons (Fsp3) is 0.267. The van der Waals surface area contributed by atoms with Crippen LogP contribution in [-0.2, 0) is 6.42 Å². The number of rotatable bonds is 4. The van der Waals surface area contributed by atoms with Crippen molar-refractivity contribution in [3.63, 3.8) is 0 Å². The lowest BCUT2D eigenvalue weighted by atomic mass is 9.99. The minimum Gasteiger partial charge on any atom is -0.271 e. The molecular weight excluding hydrogens is 277 g/mol. The van der Waals surface area contributed by atoms with E-state index >= 15 is 0 Å². The van der Waals surface area contributed by atoms with E-state index in [0.29, 0.717) is 6.42 Å². The number of nitrogens with two attached hydrogens (primary N) is 1. The Morgan fingerprint density at radius 3 is 2.45 bits per heavy atom. The highest BCUT2D eigenvalue weighted by Crippen LogP contribution is 2.22. The van der Waals surface area contributed by atoms with Gasteiger partial charge in [-0.1, -0.05) is 17.7 Å². The molecule has 1 aromatic heterocycles. The molecule has 1 heterocycles. The maximum atomic E-state index is 13.5. The Bertz CT molecular complexity index is 596. The lowest BCUT2D eigenvalue weighted by Crippen LogP contribution is -2.29. The van der Waals surface area contributed by atoms with Gasteiger partial charge in [0.2, 0.25) is 0 Å². The van der Waals surface area contributed by atoms with Gasteiger partial charge in [-0.05, 0) is 55.7 Å². The number of halogens is 2. The number of hydrogen-bond acceptors (Lipinski definition) is 3. The van der Waals surface area contributed by atoms with Crippen molar-refractivity contribution in [2.75, 3.05) is 0 Å². The summed E-state index contributed by atoms with van der Waals surface area (Å²) in [5.74, 6) is 5.22. The zero-order valence-electron chi connectivity index (χ0n) is 11.5. The van der Waals surface area contributed by atoms with Gasteiger partial charge in [0.15, 0.2) is 0 Å². The highest BCUT2D eigenvalue weighted by atomic mass is 35.5. The molecule has 1 aromatic carbocycles. The van der Waals surface area contributed by atoms with E-state index < -0.39 is 5.82 Å². The fourth-order valence-electron chi connectivity index (χ4n) is 2.24. The molecule has 0 fully saturated rings. The number of hydrazine groups is 1. The van der Waals surface area contributed by atoms with Crippen molar-refractivity contribution in [2.45, 2.75) is 26.3 Å². The molecule has 0 saturated carbocycles.